The van der Waals surface area contributed by atoms with Gasteiger partial charge in [-0.1, -0.05) is 51.4 Å². The largest absolute Gasteiger partial charge is 0.0528 e. The van der Waals surface area contributed by atoms with Gasteiger partial charge < -0.3 is 0 Å². The second-order valence-corrected chi connectivity index (χ2v) is 6.50. The summed E-state index contributed by atoms with van der Waals surface area (Å²) in [5.74, 6) is 4.57. The van der Waals surface area contributed by atoms with Crippen LogP contribution in [0.5, 0.6) is 0 Å². The first-order chi connectivity index (χ1) is 7.42. The molecule has 86 valence electrons. The lowest BCUT2D eigenvalue weighted by atomic mass is 9.77. The maximum Gasteiger partial charge on any atom is -0.0383 e. The highest BCUT2D eigenvalue weighted by Crippen LogP contribution is 2.46. The predicted octanol–water partition coefficient (Wildman–Crippen LogP) is 4.78. The SMILES string of the molecule is C1CC(CCC2CCCC3CCC2C3)C1. The van der Waals surface area contributed by atoms with E-state index < -0.39 is 0 Å². The Bertz CT molecular complexity index is 204. The molecule has 2 bridgehead atoms. The lowest BCUT2D eigenvalue weighted by Crippen LogP contribution is -2.16. The molecule has 0 saturated heterocycles. The summed E-state index contributed by atoms with van der Waals surface area (Å²) in [7, 11) is 0. The van der Waals surface area contributed by atoms with Crippen LogP contribution in [0.4, 0.5) is 0 Å². The lowest BCUT2D eigenvalue weighted by molar-refractivity contribution is 0.231. The molecule has 3 rings (SSSR count). The molecule has 0 aromatic rings. The van der Waals surface area contributed by atoms with E-state index in [1.807, 2.05) is 0 Å². The van der Waals surface area contributed by atoms with Gasteiger partial charge in [-0.05, 0) is 42.9 Å². The third kappa shape index (κ3) is 2.24. The van der Waals surface area contributed by atoms with Gasteiger partial charge in [0.25, 0.3) is 0 Å². The maximum atomic E-state index is 1.61. The van der Waals surface area contributed by atoms with Gasteiger partial charge in [0, 0.05) is 0 Å². The summed E-state index contributed by atoms with van der Waals surface area (Å²) < 4.78 is 0. The molecule has 15 heavy (non-hydrogen) atoms. The van der Waals surface area contributed by atoms with Gasteiger partial charge in [0.05, 0.1) is 0 Å². The highest BCUT2D eigenvalue weighted by molar-refractivity contribution is 4.85. The van der Waals surface area contributed by atoms with E-state index in [0.29, 0.717) is 0 Å². The topological polar surface area (TPSA) is 0 Å². The van der Waals surface area contributed by atoms with Crippen LogP contribution < -0.4 is 0 Å². The number of rotatable bonds is 3. The molecule has 0 aromatic heterocycles. The molecule has 0 amide bonds. The quantitative estimate of drug-likeness (QED) is 0.623. The van der Waals surface area contributed by atoms with Gasteiger partial charge in [-0.15, -0.1) is 0 Å². The smallest absolute Gasteiger partial charge is 0.0383 e. The zero-order chi connectivity index (χ0) is 10.1. The predicted molar refractivity (Wildman–Crippen MR) is 64.7 cm³/mol. The monoisotopic (exact) mass is 206 g/mol. The lowest BCUT2D eigenvalue weighted by Gasteiger charge is -2.29. The van der Waals surface area contributed by atoms with E-state index in [0.717, 1.165) is 23.7 Å². The van der Waals surface area contributed by atoms with Crippen molar-refractivity contribution in [3.05, 3.63) is 0 Å². The van der Waals surface area contributed by atoms with Gasteiger partial charge >= 0.3 is 0 Å². The Hall–Kier alpha value is 0. The van der Waals surface area contributed by atoms with Gasteiger partial charge in [-0.3, -0.25) is 0 Å². The molecule has 0 N–H and O–H groups in total. The Morgan fingerprint density at radius 2 is 1.60 bits per heavy atom. The molecule has 0 aromatic carbocycles. The third-order valence-electron chi connectivity index (χ3n) is 5.61. The summed E-state index contributed by atoms with van der Waals surface area (Å²) in [6.45, 7) is 0. The summed E-state index contributed by atoms with van der Waals surface area (Å²) in [5.41, 5.74) is 0. The van der Waals surface area contributed by atoms with Crippen molar-refractivity contribution in [3.63, 3.8) is 0 Å². The average Bonchev–Trinajstić information content (AvgIpc) is 2.50. The molecule has 0 radical (unpaired) electrons. The molecule has 3 aliphatic rings. The van der Waals surface area contributed by atoms with Crippen molar-refractivity contribution in [2.45, 2.75) is 70.6 Å². The van der Waals surface area contributed by atoms with Crippen molar-refractivity contribution < 1.29 is 0 Å². The van der Waals surface area contributed by atoms with Crippen LogP contribution in [0.25, 0.3) is 0 Å². The zero-order valence-electron chi connectivity index (χ0n) is 10.1. The molecule has 0 aliphatic heterocycles. The van der Waals surface area contributed by atoms with Crippen molar-refractivity contribution >= 4 is 0 Å². The van der Waals surface area contributed by atoms with E-state index in [4.69, 9.17) is 0 Å². The van der Waals surface area contributed by atoms with Crippen LogP contribution in [0, 0.1) is 23.7 Å². The second kappa shape index (κ2) is 4.47. The van der Waals surface area contributed by atoms with Crippen LogP contribution in [0.2, 0.25) is 0 Å². The Kier molecular flexibility index (Phi) is 3.03. The highest BCUT2D eigenvalue weighted by atomic mass is 14.4. The molecule has 0 heteroatoms. The highest BCUT2D eigenvalue weighted by Gasteiger charge is 2.33. The summed E-state index contributed by atoms with van der Waals surface area (Å²) in [5, 5.41) is 0. The summed E-state index contributed by atoms with van der Waals surface area (Å²) in [6, 6.07) is 0. The summed E-state index contributed by atoms with van der Waals surface area (Å²) in [6.07, 6.45) is 17.3. The third-order valence-corrected chi connectivity index (χ3v) is 5.61. The first kappa shape index (κ1) is 10.2. The molecule has 0 nitrogen and oxygen atoms in total. The Morgan fingerprint density at radius 1 is 0.733 bits per heavy atom. The van der Waals surface area contributed by atoms with Crippen molar-refractivity contribution in [2.24, 2.45) is 23.7 Å². The fourth-order valence-corrected chi connectivity index (χ4v) is 4.32. The minimum atomic E-state index is 1.14. The molecule has 0 heterocycles. The van der Waals surface area contributed by atoms with Crippen LogP contribution in [-0.2, 0) is 0 Å². The van der Waals surface area contributed by atoms with Crippen LogP contribution >= 0.6 is 0 Å². The van der Waals surface area contributed by atoms with E-state index in [1.165, 1.54) is 6.42 Å². The van der Waals surface area contributed by atoms with Gasteiger partial charge in [0.2, 0.25) is 0 Å². The van der Waals surface area contributed by atoms with Crippen molar-refractivity contribution in [1.29, 1.82) is 0 Å². The van der Waals surface area contributed by atoms with Gasteiger partial charge in [-0.2, -0.15) is 0 Å². The molecular formula is C15H26. The van der Waals surface area contributed by atoms with Crippen LogP contribution in [0.1, 0.15) is 70.6 Å². The van der Waals surface area contributed by atoms with Gasteiger partial charge in [0.15, 0.2) is 0 Å². The van der Waals surface area contributed by atoms with Crippen LogP contribution in [0.3, 0.4) is 0 Å². The number of fused-ring (bicyclic) bond motifs is 2. The van der Waals surface area contributed by atoms with E-state index in [9.17, 15) is 0 Å². The molecule has 3 saturated carbocycles. The van der Waals surface area contributed by atoms with Crippen LogP contribution in [0.15, 0.2) is 0 Å². The Morgan fingerprint density at radius 3 is 2.40 bits per heavy atom. The number of hydrogen-bond acceptors (Lipinski definition) is 0. The number of hydrogen-bond donors (Lipinski definition) is 0. The molecule has 3 fully saturated rings. The van der Waals surface area contributed by atoms with E-state index in [1.54, 1.807) is 64.2 Å². The summed E-state index contributed by atoms with van der Waals surface area (Å²) in [4.78, 5) is 0. The Labute approximate surface area is 94.8 Å². The average molecular weight is 206 g/mol. The van der Waals surface area contributed by atoms with Crippen LogP contribution in [-0.4, -0.2) is 0 Å². The second-order valence-electron chi connectivity index (χ2n) is 6.50. The minimum absolute atomic E-state index is 1.14. The van der Waals surface area contributed by atoms with Crippen molar-refractivity contribution in [1.82, 2.24) is 0 Å². The fourth-order valence-electron chi connectivity index (χ4n) is 4.32. The van der Waals surface area contributed by atoms with Gasteiger partial charge in [0.1, 0.15) is 0 Å². The van der Waals surface area contributed by atoms with E-state index in [2.05, 4.69) is 0 Å². The summed E-state index contributed by atoms with van der Waals surface area (Å²) >= 11 is 0. The molecule has 3 aliphatic carbocycles. The minimum Gasteiger partial charge on any atom is -0.0528 e. The van der Waals surface area contributed by atoms with Crippen molar-refractivity contribution in [3.8, 4) is 0 Å². The van der Waals surface area contributed by atoms with E-state index >= 15 is 0 Å². The molecule has 3 unspecified atom stereocenters. The molecular weight excluding hydrogens is 180 g/mol. The maximum absolute atomic E-state index is 1.61. The molecule has 3 atom stereocenters. The standard InChI is InChI=1S/C15H26/c1-3-12(4-1)7-9-14-6-2-5-13-8-10-15(14)11-13/h12-15H,1-11H2. The zero-order valence-corrected chi connectivity index (χ0v) is 10.1. The first-order valence-corrected chi connectivity index (χ1v) is 7.42. The Balaban J connectivity index is 1.50. The fraction of sp³-hybridized carbons (Fsp3) is 1.00. The van der Waals surface area contributed by atoms with Gasteiger partial charge in [-0.25, -0.2) is 0 Å². The first-order valence-electron chi connectivity index (χ1n) is 7.42. The van der Waals surface area contributed by atoms with E-state index in [-0.39, 0.29) is 0 Å². The van der Waals surface area contributed by atoms with Crippen molar-refractivity contribution in [2.75, 3.05) is 0 Å². The molecule has 0 spiro atoms. The normalized spacial score (nSPS) is 41.2.